The number of piperidine rings is 1. The van der Waals surface area contributed by atoms with E-state index in [4.69, 9.17) is 0 Å². The van der Waals surface area contributed by atoms with Crippen molar-refractivity contribution < 1.29 is 19.5 Å². The van der Waals surface area contributed by atoms with E-state index in [-0.39, 0.29) is 17.7 Å². The van der Waals surface area contributed by atoms with Crippen molar-refractivity contribution >= 4 is 29.3 Å². The minimum absolute atomic E-state index is 0.0983. The number of anilines is 2. The number of rotatable bonds is 14. The molecule has 10 heteroatoms. The van der Waals surface area contributed by atoms with Crippen molar-refractivity contribution in [3.8, 4) is 11.1 Å². The Morgan fingerprint density at radius 1 is 0.878 bits per heavy atom. The molecule has 2 fully saturated rings. The summed E-state index contributed by atoms with van der Waals surface area (Å²) in [4.78, 5) is 43.5. The summed E-state index contributed by atoms with van der Waals surface area (Å²) in [6.45, 7) is 7.55. The predicted molar refractivity (Wildman–Crippen MR) is 196 cm³/mol. The molecule has 4 N–H and O–H groups in total. The Hall–Kier alpha value is -4.41. The van der Waals surface area contributed by atoms with Crippen LogP contribution in [0.5, 0.6) is 0 Å². The van der Waals surface area contributed by atoms with Gasteiger partial charge in [0.15, 0.2) is 0 Å². The summed E-state index contributed by atoms with van der Waals surface area (Å²) in [6, 6.07) is 23.7. The van der Waals surface area contributed by atoms with E-state index < -0.39 is 6.09 Å². The minimum Gasteiger partial charge on any atom is -0.465 e. The molecule has 0 atom stereocenters. The van der Waals surface area contributed by atoms with Crippen LogP contribution in [0.2, 0.25) is 0 Å². The second kappa shape index (κ2) is 18.4. The Balaban J connectivity index is 0.972. The maximum Gasteiger partial charge on any atom is 0.409 e. The summed E-state index contributed by atoms with van der Waals surface area (Å²) in [5.41, 5.74) is 5.37. The summed E-state index contributed by atoms with van der Waals surface area (Å²) in [7, 11) is 1.90. The van der Waals surface area contributed by atoms with Crippen LogP contribution in [0.3, 0.4) is 0 Å². The molecule has 0 bridgehead atoms. The van der Waals surface area contributed by atoms with Crippen LogP contribution >= 0.6 is 0 Å². The lowest BCUT2D eigenvalue weighted by molar-refractivity contribution is -0.130. The molecular weight excluding hydrogens is 616 g/mol. The van der Waals surface area contributed by atoms with Crippen LogP contribution in [0, 0.1) is 0 Å². The lowest BCUT2D eigenvalue weighted by Gasteiger charge is -2.34. The van der Waals surface area contributed by atoms with Crippen molar-refractivity contribution in [3.63, 3.8) is 0 Å². The quantitative estimate of drug-likeness (QED) is 0.151. The Labute approximate surface area is 290 Å². The van der Waals surface area contributed by atoms with E-state index >= 15 is 0 Å². The van der Waals surface area contributed by atoms with E-state index in [9.17, 15) is 19.5 Å². The fraction of sp³-hybridized carbons (Fsp3) is 0.462. The maximum atomic E-state index is 12.8. The molecule has 0 saturated carbocycles. The standard InChI is InChI=1S/C39H52N6O4/c1-43(36(46)14-6-3-7-22-41-33-17-15-32(16-18-33)38(47)45-24-9-21-40-23-27-45)28-29-44-25-19-31(20-26-44)35-13-8-12-34(37(35)42-39(48)49)30-10-4-2-5-11-30/h2,4-5,8,10-13,15-18,31,40-42H,3,6-7,9,14,19-29H2,1H3,(H,48,49). The van der Waals surface area contributed by atoms with Gasteiger partial charge in [0.1, 0.15) is 0 Å². The number of carbonyl (C=O) groups is 3. The molecule has 2 heterocycles. The largest absolute Gasteiger partial charge is 0.465 e. The number of likely N-dealkylation sites (N-methyl/N-ethyl adjacent to an activating group) is 1. The fourth-order valence-corrected chi connectivity index (χ4v) is 6.86. The number of nitrogens with one attached hydrogen (secondary N) is 3. The summed E-state index contributed by atoms with van der Waals surface area (Å²) >= 11 is 0. The molecule has 3 aromatic carbocycles. The van der Waals surface area contributed by atoms with E-state index in [1.165, 1.54) is 0 Å². The van der Waals surface area contributed by atoms with Gasteiger partial charge in [-0.25, -0.2) is 4.79 Å². The molecule has 0 unspecified atom stereocenters. The van der Waals surface area contributed by atoms with Crippen molar-refractivity contribution in [2.24, 2.45) is 0 Å². The second-order valence-electron chi connectivity index (χ2n) is 13.2. The Bertz CT molecular complexity index is 1500. The average Bonchev–Trinajstić information content (AvgIpc) is 3.42. The van der Waals surface area contributed by atoms with E-state index in [2.05, 4.69) is 26.9 Å². The number of para-hydroxylation sites is 1. The van der Waals surface area contributed by atoms with Crippen LogP contribution in [-0.4, -0.2) is 104 Å². The topological polar surface area (TPSA) is 117 Å². The van der Waals surface area contributed by atoms with Gasteiger partial charge in [-0.3, -0.25) is 14.9 Å². The van der Waals surface area contributed by atoms with Gasteiger partial charge in [-0.15, -0.1) is 0 Å². The first-order valence-electron chi connectivity index (χ1n) is 17.9. The van der Waals surface area contributed by atoms with Gasteiger partial charge < -0.3 is 30.4 Å². The summed E-state index contributed by atoms with van der Waals surface area (Å²) in [6.07, 6.45) is 5.19. The highest BCUT2D eigenvalue weighted by atomic mass is 16.4. The fourth-order valence-electron chi connectivity index (χ4n) is 6.86. The lowest BCUT2D eigenvalue weighted by Crippen LogP contribution is -2.40. The number of amides is 3. The highest BCUT2D eigenvalue weighted by Gasteiger charge is 2.25. The van der Waals surface area contributed by atoms with E-state index in [1.54, 1.807) is 0 Å². The van der Waals surface area contributed by atoms with Gasteiger partial charge in [-0.2, -0.15) is 0 Å². The van der Waals surface area contributed by atoms with Crippen LogP contribution in [0.4, 0.5) is 16.2 Å². The van der Waals surface area contributed by atoms with Gasteiger partial charge >= 0.3 is 6.09 Å². The van der Waals surface area contributed by atoms with E-state index in [0.717, 1.165) is 119 Å². The van der Waals surface area contributed by atoms with Gasteiger partial charge in [-0.1, -0.05) is 55.0 Å². The lowest BCUT2D eigenvalue weighted by atomic mass is 9.86. The van der Waals surface area contributed by atoms with Crippen molar-refractivity contribution in [1.29, 1.82) is 0 Å². The first-order chi connectivity index (χ1) is 23.9. The first kappa shape index (κ1) is 35.9. The van der Waals surface area contributed by atoms with Gasteiger partial charge in [0.05, 0.1) is 5.69 Å². The van der Waals surface area contributed by atoms with Gasteiger partial charge in [0.2, 0.25) is 5.91 Å². The summed E-state index contributed by atoms with van der Waals surface area (Å²) in [5.74, 6) is 0.554. The van der Waals surface area contributed by atoms with Gasteiger partial charge in [0.25, 0.3) is 5.91 Å². The molecule has 0 spiro atoms. The van der Waals surface area contributed by atoms with Crippen molar-refractivity contribution in [2.45, 2.75) is 50.9 Å². The predicted octanol–water partition coefficient (Wildman–Crippen LogP) is 6.19. The Morgan fingerprint density at radius 3 is 2.41 bits per heavy atom. The third-order valence-corrected chi connectivity index (χ3v) is 9.77. The van der Waals surface area contributed by atoms with E-state index in [0.29, 0.717) is 18.7 Å². The Morgan fingerprint density at radius 2 is 1.65 bits per heavy atom. The number of likely N-dealkylation sites (tertiary alicyclic amines) is 1. The monoisotopic (exact) mass is 668 g/mol. The van der Waals surface area contributed by atoms with Crippen molar-refractivity contribution in [1.82, 2.24) is 20.0 Å². The molecule has 3 aromatic rings. The van der Waals surface area contributed by atoms with E-state index in [1.807, 2.05) is 83.6 Å². The van der Waals surface area contributed by atoms with Crippen LogP contribution in [0.25, 0.3) is 11.1 Å². The molecule has 2 aliphatic rings. The van der Waals surface area contributed by atoms with Crippen LogP contribution in [0.1, 0.15) is 66.8 Å². The highest BCUT2D eigenvalue weighted by Crippen LogP contribution is 2.39. The number of carboxylic acid groups (broad SMARTS) is 1. The van der Waals surface area contributed by atoms with Crippen molar-refractivity contribution in [2.75, 3.05) is 76.6 Å². The summed E-state index contributed by atoms with van der Waals surface area (Å²) in [5, 5.41) is 19.1. The molecule has 49 heavy (non-hydrogen) atoms. The van der Waals surface area contributed by atoms with Gasteiger partial charge in [0, 0.05) is 69.6 Å². The zero-order valence-corrected chi connectivity index (χ0v) is 28.8. The number of benzene rings is 3. The molecule has 3 amide bonds. The first-order valence-corrected chi connectivity index (χ1v) is 17.9. The zero-order valence-electron chi connectivity index (χ0n) is 28.8. The molecule has 2 saturated heterocycles. The third-order valence-electron chi connectivity index (χ3n) is 9.77. The molecule has 262 valence electrons. The van der Waals surface area contributed by atoms with Crippen molar-refractivity contribution in [3.05, 3.63) is 83.9 Å². The third kappa shape index (κ3) is 10.5. The zero-order chi connectivity index (χ0) is 34.4. The van der Waals surface area contributed by atoms with Crippen LogP contribution in [0.15, 0.2) is 72.8 Å². The number of hydrogen-bond acceptors (Lipinski definition) is 6. The average molecular weight is 669 g/mol. The molecule has 0 aromatic heterocycles. The second-order valence-corrected chi connectivity index (χ2v) is 13.2. The minimum atomic E-state index is -1.05. The SMILES string of the molecule is CN(CCN1CCC(c2cccc(-c3ccccc3)c2NC(=O)O)CC1)C(=O)CCCCCNc1ccc(C(=O)N2CCCNCC2)cc1. The van der Waals surface area contributed by atoms with Gasteiger partial charge in [-0.05, 0) is 93.0 Å². The number of hydrogen-bond donors (Lipinski definition) is 4. The summed E-state index contributed by atoms with van der Waals surface area (Å²) < 4.78 is 0. The smallest absolute Gasteiger partial charge is 0.409 e. The molecular formula is C39H52N6O4. The Kier molecular flexibility index (Phi) is 13.5. The number of carbonyl (C=O) groups excluding carboxylic acids is 2. The molecule has 0 radical (unpaired) electrons. The van der Waals surface area contributed by atoms with Crippen LogP contribution < -0.4 is 16.0 Å². The molecule has 0 aliphatic carbocycles. The molecule has 5 rings (SSSR count). The normalized spacial score (nSPS) is 15.7. The highest BCUT2D eigenvalue weighted by molar-refractivity contribution is 5.94. The van der Waals surface area contributed by atoms with Crippen LogP contribution in [-0.2, 0) is 4.79 Å². The molecule has 2 aliphatic heterocycles. The molecule has 10 nitrogen and oxygen atoms in total. The maximum absolute atomic E-state index is 12.8. The number of nitrogens with zero attached hydrogens (tertiary/aromatic N) is 3. The number of unbranched alkanes of at least 4 members (excludes halogenated alkanes) is 2.